The number of halogens is 1. The molecular formula is C4H8BrNO2. The smallest absolute Gasteiger partial charge is 0.321 e. The first-order valence-electron chi connectivity index (χ1n) is 2.18. The van der Waals surface area contributed by atoms with E-state index in [9.17, 15) is 4.79 Å². The molecule has 0 aromatic carbocycles. The summed E-state index contributed by atoms with van der Waals surface area (Å²) in [5.41, 5.74) is 5.11. The van der Waals surface area contributed by atoms with Gasteiger partial charge in [0, 0.05) is 4.83 Å². The zero-order chi connectivity index (χ0) is 6.73. The van der Waals surface area contributed by atoms with Crippen LogP contribution in [0.4, 0.5) is 0 Å². The molecule has 0 saturated carbocycles. The highest BCUT2D eigenvalue weighted by molar-refractivity contribution is 9.09. The highest BCUT2D eigenvalue weighted by atomic mass is 79.9. The Bertz CT molecular complexity index is 94.0. The number of aliphatic carboxylic acids is 1. The van der Waals surface area contributed by atoms with Gasteiger partial charge in [-0.05, 0) is 0 Å². The number of hydrogen-bond donors (Lipinski definition) is 2. The quantitative estimate of drug-likeness (QED) is 0.598. The lowest BCUT2D eigenvalue weighted by atomic mass is 10.2. The number of nitrogens with two attached hydrogens (primary N) is 1. The van der Waals surface area contributed by atoms with Gasteiger partial charge in [0.2, 0.25) is 0 Å². The van der Waals surface area contributed by atoms with E-state index in [1.807, 2.05) is 0 Å². The van der Waals surface area contributed by atoms with Gasteiger partial charge in [-0.2, -0.15) is 0 Å². The van der Waals surface area contributed by atoms with Gasteiger partial charge in [0.15, 0.2) is 0 Å². The van der Waals surface area contributed by atoms with E-state index in [1.165, 1.54) is 0 Å². The average molecular weight is 182 g/mol. The van der Waals surface area contributed by atoms with E-state index in [-0.39, 0.29) is 4.83 Å². The van der Waals surface area contributed by atoms with Crippen LogP contribution >= 0.6 is 15.9 Å². The standard InChI is InChI=1S/C4H8BrNO2/c1-2(5)3(6)4(7)8/h2-3H,6H2,1H3,(H,7,8)/t2-,3+/m1/s1. The molecule has 0 heterocycles. The normalized spacial score (nSPS) is 17.4. The number of rotatable bonds is 2. The van der Waals surface area contributed by atoms with E-state index in [4.69, 9.17) is 10.8 Å². The molecule has 0 bridgehead atoms. The van der Waals surface area contributed by atoms with Crippen molar-refractivity contribution >= 4 is 21.9 Å². The average Bonchev–Trinajstić information content (AvgIpc) is 1.64. The Morgan fingerprint density at radius 1 is 1.88 bits per heavy atom. The van der Waals surface area contributed by atoms with Crippen molar-refractivity contribution in [2.75, 3.05) is 0 Å². The first-order chi connectivity index (χ1) is 3.55. The van der Waals surface area contributed by atoms with Crippen molar-refractivity contribution in [1.29, 1.82) is 0 Å². The van der Waals surface area contributed by atoms with E-state index < -0.39 is 12.0 Å². The second-order valence-electron chi connectivity index (χ2n) is 1.54. The van der Waals surface area contributed by atoms with Gasteiger partial charge >= 0.3 is 5.97 Å². The minimum atomic E-state index is -0.977. The lowest BCUT2D eigenvalue weighted by Crippen LogP contribution is -2.36. The van der Waals surface area contributed by atoms with Crippen LogP contribution in [0.5, 0.6) is 0 Å². The van der Waals surface area contributed by atoms with Gasteiger partial charge in [-0.15, -0.1) is 0 Å². The molecule has 0 radical (unpaired) electrons. The summed E-state index contributed by atoms with van der Waals surface area (Å²) < 4.78 is 0. The second kappa shape index (κ2) is 3.04. The molecule has 8 heavy (non-hydrogen) atoms. The number of carboxylic acids is 1. The van der Waals surface area contributed by atoms with Crippen molar-refractivity contribution in [2.24, 2.45) is 5.73 Å². The highest BCUT2D eigenvalue weighted by Crippen LogP contribution is 2.00. The number of hydrogen-bond acceptors (Lipinski definition) is 2. The summed E-state index contributed by atoms with van der Waals surface area (Å²) >= 11 is 3.03. The zero-order valence-corrected chi connectivity index (χ0v) is 6.05. The first-order valence-corrected chi connectivity index (χ1v) is 3.09. The lowest BCUT2D eigenvalue weighted by molar-refractivity contribution is -0.138. The topological polar surface area (TPSA) is 63.3 Å². The summed E-state index contributed by atoms with van der Waals surface area (Å²) in [5.74, 6) is -0.977. The highest BCUT2D eigenvalue weighted by Gasteiger charge is 2.15. The monoisotopic (exact) mass is 181 g/mol. The molecule has 0 aliphatic rings. The summed E-state index contributed by atoms with van der Waals surface area (Å²) in [5, 5.41) is 8.20. The third kappa shape index (κ3) is 2.28. The third-order valence-corrected chi connectivity index (χ3v) is 1.35. The largest absolute Gasteiger partial charge is 0.480 e. The van der Waals surface area contributed by atoms with Crippen LogP contribution in [-0.2, 0) is 4.79 Å². The van der Waals surface area contributed by atoms with Crippen molar-refractivity contribution in [1.82, 2.24) is 0 Å². The number of carboxylic acid groups (broad SMARTS) is 1. The minimum Gasteiger partial charge on any atom is -0.480 e. The molecule has 0 aromatic heterocycles. The van der Waals surface area contributed by atoms with E-state index in [2.05, 4.69) is 15.9 Å². The van der Waals surface area contributed by atoms with Gasteiger partial charge in [0.05, 0.1) is 0 Å². The molecule has 0 amide bonds. The fourth-order valence-corrected chi connectivity index (χ4v) is 0.423. The van der Waals surface area contributed by atoms with E-state index in [1.54, 1.807) is 6.92 Å². The molecule has 0 unspecified atom stereocenters. The molecule has 0 aliphatic carbocycles. The van der Waals surface area contributed by atoms with Crippen molar-refractivity contribution in [3.05, 3.63) is 0 Å². The molecule has 3 N–H and O–H groups in total. The molecule has 48 valence electrons. The van der Waals surface area contributed by atoms with E-state index >= 15 is 0 Å². The number of alkyl halides is 1. The Morgan fingerprint density at radius 2 is 2.25 bits per heavy atom. The Kier molecular flexibility index (Phi) is 3.01. The fourth-order valence-electron chi connectivity index (χ4n) is 0.196. The molecule has 0 saturated heterocycles. The lowest BCUT2D eigenvalue weighted by Gasteiger charge is -2.06. The van der Waals surface area contributed by atoms with Crippen molar-refractivity contribution in [3.63, 3.8) is 0 Å². The molecular weight excluding hydrogens is 174 g/mol. The number of carbonyl (C=O) groups is 1. The maximum Gasteiger partial charge on any atom is 0.321 e. The van der Waals surface area contributed by atoms with E-state index in [0.717, 1.165) is 0 Å². The van der Waals surface area contributed by atoms with Gasteiger partial charge in [0.25, 0.3) is 0 Å². The van der Waals surface area contributed by atoms with Crippen LogP contribution in [0.25, 0.3) is 0 Å². The molecule has 0 rings (SSSR count). The SMILES string of the molecule is C[C@@H](Br)[C@H](N)C(=O)O. The van der Waals surface area contributed by atoms with Crippen molar-refractivity contribution < 1.29 is 9.90 Å². The molecule has 2 atom stereocenters. The maximum atomic E-state index is 9.99. The predicted octanol–water partition coefficient (Wildman–Crippen LogP) is 0.182. The Hall–Kier alpha value is -0.0900. The Morgan fingerprint density at radius 3 is 2.25 bits per heavy atom. The van der Waals surface area contributed by atoms with Crippen molar-refractivity contribution in [3.8, 4) is 0 Å². The molecule has 0 fully saturated rings. The van der Waals surface area contributed by atoms with Crippen LogP contribution < -0.4 is 5.73 Å². The summed E-state index contributed by atoms with van der Waals surface area (Å²) in [7, 11) is 0. The van der Waals surface area contributed by atoms with Gasteiger partial charge < -0.3 is 10.8 Å². The first kappa shape index (κ1) is 7.91. The Balaban J connectivity index is 3.64. The summed E-state index contributed by atoms with van der Waals surface area (Å²) in [6.07, 6.45) is 0. The molecule has 0 aliphatic heterocycles. The van der Waals surface area contributed by atoms with Crippen molar-refractivity contribution in [2.45, 2.75) is 17.8 Å². The fraction of sp³-hybridized carbons (Fsp3) is 0.750. The molecule has 0 spiro atoms. The minimum absolute atomic E-state index is 0.167. The summed E-state index contributed by atoms with van der Waals surface area (Å²) in [4.78, 5) is 9.82. The van der Waals surface area contributed by atoms with Crippen LogP contribution in [0.1, 0.15) is 6.92 Å². The molecule has 3 nitrogen and oxygen atoms in total. The maximum absolute atomic E-state index is 9.99. The van der Waals surface area contributed by atoms with Crippen LogP contribution in [0, 0.1) is 0 Å². The van der Waals surface area contributed by atoms with E-state index in [0.29, 0.717) is 0 Å². The summed E-state index contributed by atoms with van der Waals surface area (Å²) in [6, 6.07) is -0.796. The van der Waals surface area contributed by atoms with Crippen LogP contribution in [0.2, 0.25) is 0 Å². The van der Waals surface area contributed by atoms with Gasteiger partial charge in [-0.1, -0.05) is 22.9 Å². The summed E-state index contributed by atoms with van der Waals surface area (Å²) in [6.45, 7) is 1.69. The van der Waals surface area contributed by atoms with Gasteiger partial charge in [-0.25, -0.2) is 0 Å². The van der Waals surface area contributed by atoms with Crippen LogP contribution in [-0.4, -0.2) is 21.9 Å². The predicted molar refractivity (Wildman–Crippen MR) is 34.0 cm³/mol. The second-order valence-corrected chi connectivity index (χ2v) is 2.99. The van der Waals surface area contributed by atoms with Crippen LogP contribution in [0.15, 0.2) is 0 Å². The van der Waals surface area contributed by atoms with Crippen LogP contribution in [0.3, 0.4) is 0 Å². The molecule has 0 aromatic rings. The molecule has 4 heteroatoms. The Labute approximate surface area is 56.0 Å². The zero-order valence-electron chi connectivity index (χ0n) is 4.47. The third-order valence-electron chi connectivity index (χ3n) is 0.780. The van der Waals surface area contributed by atoms with Gasteiger partial charge in [0.1, 0.15) is 6.04 Å². The van der Waals surface area contributed by atoms with Gasteiger partial charge in [-0.3, -0.25) is 4.79 Å².